The van der Waals surface area contributed by atoms with E-state index in [4.69, 9.17) is 11.5 Å². The average Bonchev–Trinajstić information content (AvgIpc) is 2.77. The van der Waals surface area contributed by atoms with Crippen LogP contribution in [0, 0.1) is 6.92 Å². The van der Waals surface area contributed by atoms with Crippen molar-refractivity contribution < 1.29 is 0 Å². The van der Waals surface area contributed by atoms with E-state index in [2.05, 4.69) is 89.1 Å². The average molecular weight is 477 g/mol. The van der Waals surface area contributed by atoms with E-state index < -0.39 is 0 Å². The zero-order valence-electron chi connectivity index (χ0n) is 23.2. The Morgan fingerprint density at radius 2 is 1.66 bits per heavy atom. The van der Waals surface area contributed by atoms with Gasteiger partial charge in [0.2, 0.25) is 0 Å². The number of benzene rings is 2. The summed E-state index contributed by atoms with van der Waals surface area (Å²) in [5.74, 6) is 0.748. The Balaban J connectivity index is 1.75. The molecule has 2 aromatic rings. The fourth-order valence-corrected chi connectivity index (χ4v) is 5.82. The fourth-order valence-electron chi connectivity index (χ4n) is 5.82. The maximum Gasteiger partial charge on any atom is 0.0987 e. The first-order valence-electron chi connectivity index (χ1n) is 13.4. The first-order chi connectivity index (χ1) is 16.4. The molecule has 1 aliphatic heterocycles. The molecule has 0 spiro atoms. The number of rotatable bonds is 9. The molecule has 0 atom stereocenters. The molecule has 0 bridgehead atoms. The minimum absolute atomic E-state index is 0.0768. The van der Waals surface area contributed by atoms with Gasteiger partial charge >= 0.3 is 0 Å². The maximum atomic E-state index is 6.56. The van der Waals surface area contributed by atoms with Crippen LogP contribution in [0.5, 0.6) is 0 Å². The topological polar surface area (TPSA) is 67.3 Å². The third kappa shape index (κ3) is 7.27. The Morgan fingerprint density at radius 1 is 0.971 bits per heavy atom. The van der Waals surface area contributed by atoms with E-state index in [0.717, 1.165) is 36.3 Å². The molecule has 0 radical (unpaired) electrons. The molecule has 1 saturated heterocycles. The van der Waals surface area contributed by atoms with Gasteiger partial charge in [-0.2, -0.15) is 0 Å². The van der Waals surface area contributed by atoms with Crippen LogP contribution in [-0.4, -0.2) is 29.1 Å². The quantitative estimate of drug-likeness (QED) is 0.281. The van der Waals surface area contributed by atoms with E-state index in [0.29, 0.717) is 6.04 Å². The van der Waals surface area contributed by atoms with Crippen LogP contribution < -0.4 is 16.8 Å². The normalized spacial score (nSPS) is 18.7. The number of nitrogens with zero attached hydrogens (tertiary/aromatic N) is 1. The summed E-state index contributed by atoms with van der Waals surface area (Å²) in [5, 5.41) is 6.27. The summed E-state index contributed by atoms with van der Waals surface area (Å²) in [7, 11) is 2.10. The molecule has 0 amide bonds. The first-order valence-corrected chi connectivity index (χ1v) is 13.4. The largest absolute Gasteiger partial charge is 0.398 e. The van der Waals surface area contributed by atoms with E-state index in [1.165, 1.54) is 47.6 Å². The van der Waals surface area contributed by atoms with E-state index in [9.17, 15) is 0 Å². The Kier molecular flexibility index (Phi) is 8.58. The second-order valence-corrected chi connectivity index (χ2v) is 11.9. The summed E-state index contributed by atoms with van der Waals surface area (Å²) < 4.78 is 0. The van der Waals surface area contributed by atoms with Gasteiger partial charge in [0, 0.05) is 35.4 Å². The van der Waals surface area contributed by atoms with Crippen molar-refractivity contribution in [2.24, 2.45) is 11.5 Å². The molecule has 1 heterocycles. The predicted molar refractivity (Wildman–Crippen MR) is 153 cm³/mol. The molecular weight excluding hydrogens is 428 g/mol. The molecule has 0 aliphatic carbocycles. The molecule has 3 rings (SSSR count). The van der Waals surface area contributed by atoms with Gasteiger partial charge in [-0.15, -0.1) is 0 Å². The third-order valence-electron chi connectivity index (χ3n) is 7.44. The monoisotopic (exact) mass is 476 g/mol. The number of hydrogen-bond acceptors (Lipinski definition) is 4. The highest BCUT2D eigenvalue weighted by Gasteiger charge is 2.39. The van der Waals surface area contributed by atoms with Crippen molar-refractivity contribution in [1.29, 1.82) is 0 Å². The van der Waals surface area contributed by atoms with Crippen LogP contribution in [-0.2, 0) is 6.42 Å². The minimum atomic E-state index is 0.0768. The van der Waals surface area contributed by atoms with Gasteiger partial charge < -0.3 is 21.7 Å². The van der Waals surface area contributed by atoms with Crippen LogP contribution in [0.1, 0.15) is 89.8 Å². The molecule has 0 aromatic heterocycles. The number of fused-ring (bicyclic) bond motifs is 1. The highest BCUT2D eigenvalue weighted by Crippen LogP contribution is 2.32. The minimum Gasteiger partial charge on any atom is -0.398 e. The molecular formula is C31H48N4. The zero-order chi connectivity index (χ0) is 25.8. The first kappa shape index (κ1) is 27.1. The number of nitrogens with one attached hydrogen (secondary N) is 1. The molecule has 4 heteroatoms. The van der Waals surface area contributed by atoms with Crippen LogP contribution in [0.2, 0.25) is 0 Å². The molecule has 35 heavy (non-hydrogen) atoms. The smallest absolute Gasteiger partial charge is 0.0987 e. The van der Waals surface area contributed by atoms with Crippen molar-refractivity contribution in [1.82, 2.24) is 10.2 Å². The van der Waals surface area contributed by atoms with Crippen LogP contribution in [0.4, 0.5) is 0 Å². The number of aryl methyl sites for hydroxylation is 2. The molecule has 0 saturated carbocycles. The third-order valence-corrected chi connectivity index (χ3v) is 7.44. The van der Waals surface area contributed by atoms with Gasteiger partial charge in [-0.3, -0.25) is 0 Å². The lowest BCUT2D eigenvalue weighted by molar-refractivity contribution is 0.0981. The second kappa shape index (κ2) is 11.1. The Bertz CT molecular complexity index is 1060. The number of nitrogens with two attached hydrogens (primary N) is 2. The molecule has 1 fully saturated rings. The molecule has 192 valence electrons. The van der Waals surface area contributed by atoms with E-state index >= 15 is 0 Å². The summed E-state index contributed by atoms with van der Waals surface area (Å²) in [5.41, 5.74) is 17.7. The van der Waals surface area contributed by atoms with Crippen molar-refractivity contribution in [2.75, 3.05) is 7.05 Å². The van der Waals surface area contributed by atoms with Crippen LogP contribution in [0.25, 0.3) is 16.5 Å². The predicted octanol–water partition coefficient (Wildman–Crippen LogP) is 6.61. The summed E-state index contributed by atoms with van der Waals surface area (Å²) >= 11 is 0. The van der Waals surface area contributed by atoms with E-state index in [1.807, 2.05) is 12.2 Å². The molecule has 4 nitrogen and oxygen atoms in total. The van der Waals surface area contributed by atoms with Gasteiger partial charge in [0.25, 0.3) is 0 Å². The summed E-state index contributed by atoms with van der Waals surface area (Å²) in [6, 6.07) is 11.7. The fraction of sp³-hybridized carbons (Fsp3) is 0.548. The second-order valence-electron chi connectivity index (χ2n) is 11.9. The zero-order valence-corrected chi connectivity index (χ0v) is 23.2. The maximum absolute atomic E-state index is 6.56. The Hall–Kier alpha value is -2.46. The van der Waals surface area contributed by atoms with Crippen LogP contribution >= 0.6 is 0 Å². The molecule has 0 unspecified atom stereocenters. The number of unbranched alkanes of at least 4 members (excludes halogenated alkanes) is 3. The highest BCUT2D eigenvalue weighted by molar-refractivity contribution is 5.88. The number of piperidine rings is 1. The number of hydrogen-bond donors (Lipinski definition) is 3. The van der Waals surface area contributed by atoms with Gasteiger partial charge in [-0.05, 0) is 100 Å². The van der Waals surface area contributed by atoms with Gasteiger partial charge in [-0.25, -0.2) is 0 Å². The summed E-state index contributed by atoms with van der Waals surface area (Å²) in [6.07, 6.45) is 12.3. The van der Waals surface area contributed by atoms with Crippen molar-refractivity contribution in [3.63, 3.8) is 0 Å². The molecule has 2 aromatic carbocycles. The Morgan fingerprint density at radius 3 is 2.31 bits per heavy atom. The van der Waals surface area contributed by atoms with Crippen molar-refractivity contribution in [2.45, 2.75) is 104 Å². The van der Waals surface area contributed by atoms with Crippen LogP contribution in [0.3, 0.4) is 0 Å². The van der Waals surface area contributed by atoms with Gasteiger partial charge in [0.05, 0.1) is 5.82 Å². The lowest BCUT2D eigenvalue weighted by atomic mass is 9.79. The summed E-state index contributed by atoms with van der Waals surface area (Å²) in [6.45, 7) is 13.5. The number of allylic oxidation sites excluding steroid dienone is 2. The van der Waals surface area contributed by atoms with Crippen molar-refractivity contribution in [3.8, 4) is 0 Å². The van der Waals surface area contributed by atoms with Crippen molar-refractivity contribution >= 4 is 16.5 Å². The van der Waals surface area contributed by atoms with E-state index in [-0.39, 0.29) is 11.1 Å². The van der Waals surface area contributed by atoms with Gasteiger partial charge in [0.1, 0.15) is 0 Å². The van der Waals surface area contributed by atoms with Gasteiger partial charge in [-0.1, -0.05) is 50.5 Å². The van der Waals surface area contributed by atoms with Crippen molar-refractivity contribution in [3.05, 3.63) is 65.0 Å². The highest BCUT2D eigenvalue weighted by atomic mass is 15.2. The lowest BCUT2D eigenvalue weighted by Gasteiger charge is -2.49. The lowest BCUT2D eigenvalue weighted by Crippen LogP contribution is -2.61. The van der Waals surface area contributed by atoms with Gasteiger partial charge in [0.15, 0.2) is 0 Å². The standard InChI is InChI=1S/C31H48N4/c1-8-9-10-11-12-23-13-14-24-19-27(22(2)17-25(24)18-23)28(32)15-16-29(33)35(7)26-20-30(3,4)34-31(5,6)21-26/h13-19,26,34H,8-12,20-21,32-33H2,1-7H3/b28-15-,29-16+. The molecule has 1 aliphatic rings. The van der Waals surface area contributed by atoms with Crippen LogP contribution in [0.15, 0.2) is 48.3 Å². The molecule has 5 N–H and O–H groups in total. The Labute approximate surface area is 213 Å². The van der Waals surface area contributed by atoms with E-state index in [1.54, 1.807) is 0 Å². The summed E-state index contributed by atoms with van der Waals surface area (Å²) in [4.78, 5) is 2.21. The SMILES string of the molecule is CCCCCCc1ccc2cc(/C(N)=C/C=C(\N)N(C)C3CC(C)(C)NC(C)(C)C3)c(C)cc2c1.